The highest BCUT2D eigenvalue weighted by molar-refractivity contribution is 5.97. The molecule has 0 bridgehead atoms. The molecule has 2 heterocycles. The fourth-order valence-electron chi connectivity index (χ4n) is 2.90. The maximum absolute atomic E-state index is 12.3. The minimum absolute atomic E-state index is 0.0538. The van der Waals surface area contributed by atoms with Gasteiger partial charge in [0.2, 0.25) is 5.91 Å². The summed E-state index contributed by atoms with van der Waals surface area (Å²) in [7, 11) is 0. The van der Waals surface area contributed by atoms with Crippen LogP contribution in [0.2, 0.25) is 0 Å². The van der Waals surface area contributed by atoms with Crippen molar-refractivity contribution in [1.82, 2.24) is 20.2 Å². The molecule has 1 atom stereocenters. The normalized spacial score (nSPS) is 16.4. The maximum atomic E-state index is 12.3. The van der Waals surface area contributed by atoms with Crippen molar-refractivity contribution in [1.29, 1.82) is 0 Å². The van der Waals surface area contributed by atoms with E-state index in [1.165, 1.54) is 24.5 Å². The van der Waals surface area contributed by atoms with E-state index < -0.39 is 24.4 Å². The Bertz CT molecular complexity index is 965. The number of carbonyl (C=O) groups excluding carboxylic acids is 2. The first-order chi connectivity index (χ1) is 14.1. The fraction of sp³-hybridized carbons (Fsp3) is 0.278. The maximum Gasteiger partial charge on any atom is 0.573 e. The van der Waals surface area contributed by atoms with Crippen LogP contribution in [0.1, 0.15) is 12.1 Å². The number of nitrogens with one attached hydrogen (secondary N) is 1. The molecule has 1 fully saturated rings. The van der Waals surface area contributed by atoms with E-state index in [4.69, 9.17) is 5.11 Å². The van der Waals surface area contributed by atoms with Crippen LogP contribution in [0, 0.1) is 0 Å². The second-order valence-electron chi connectivity index (χ2n) is 6.35. The van der Waals surface area contributed by atoms with E-state index in [0.29, 0.717) is 17.0 Å². The van der Waals surface area contributed by atoms with Crippen molar-refractivity contribution < 1.29 is 37.4 Å². The number of benzene rings is 1. The van der Waals surface area contributed by atoms with Gasteiger partial charge in [0.25, 0.3) is 0 Å². The Kier molecular flexibility index (Phi) is 5.85. The third-order valence-corrected chi connectivity index (χ3v) is 4.24. The van der Waals surface area contributed by atoms with Crippen LogP contribution in [0.25, 0.3) is 11.3 Å². The van der Waals surface area contributed by atoms with Crippen LogP contribution in [0.15, 0.2) is 36.7 Å². The van der Waals surface area contributed by atoms with Crippen molar-refractivity contribution in [3.63, 3.8) is 0 Å². The van der Waals surface area contributed by atoms with Crippen LogP contribution in [0.3, 0.4) is 0 Å². The first kappa shape index (κ1) is 21.0. The summed E-state index contributed by atoms with van der Waals surface area (Å²) in [5.74, 6) is -1.35. The number of likely N-dealkylation sites (tertiary alicyclic amines) is 1. The van der Waals surface area contributed by atoms with E-state index in [1.807, 2.05) is 0 Å². The Balaban J connectivity index is 1.65. The summed E-state index contributed by atoms with van der Waals surface area (Å²) in [6, 6.07) is 5.49. The molecule has 0 aliphatic carbocycles. The van der Waals surface area contributed by atoms with Crippen LogP contribution < -0.4 is 10.1 Å². The number of ketones is 1. The number of carbonyl (C=O) groups is 3. The molecule has 2 N–H and O–H groups in total. The Hall–Kier alpha value is -3.70. The zero-order valence-corrected chi connectivity index (χ0v) is 15.2. The third kappa shape index (κ3) is 5.21. The molecule has 2 amide bonds. The number of carboxylic acid groups (broad SMARTS) is 1. The smallest absolute Gasteiger partial charge is 0.465 e. The largest absolute Gasteiger partial charge is 0.573 e. The molecular formula is C18H15F3N4O5. The summed E-state index contributed by atoms with van der Waals surface area (Å²) in [4.78, 5) is 43.7. The second kappa shape index (κ2) is 8.35. The van der Waals surface area contributed by atoms with E-state index in [9.17, 15) is 27.6 Å². The highest BCUT2D eigenvalue weighted by Gasteiger charge is 2.38. The van der Waals surface area contributed by atoms with Gasteiger partial charge in [0.05, 0.1) is 24.5 Å². The van der Waals surface area contributed by atoms with Gasteiger partial charge in [-0.05, 0) is 30.3 Å². The first-order valence-electron chi connectivity index (χ1n) is 8.58. The van der Waals surface area contributed by atoms with Crippen molar-refractivity contribution in [2.45, 2.75) is 25.4 Å². The van der Waals surface area contributed by atoms with E-state index in [0.717, 1.165) is 17.0 Å². The van der Waals surface area contributed by atoms with Gasteiger partial charge in [-0.3, -0.25) is 14.5 Å². The van der Waals surface area contributed by atoms with E-state index >= 15 is 0 Å². The lowest BCUT2D eigenvalue weighted by Crippen LogP contribution is -2.45. The minimum atomic E-state index is -4.79. The summed E-state index contributed by atoms with van der Waals surface area (Å²) in [5, 5.41) is 11.6. The molecule has 1 saturated heterocycles. The number of ether oxygens (including phenoxy) is 1. The number of rotatable bonds is 5. The van der Waals surface area contributed by atoms with Gasteiger partial charge in [0, 0.05) is 12.0 Å². The van der Waals surface area contributed by atoms with Crippen LogP contribution in [0.4, 0.5) is 18.0 Å². The van der Waals surface area contributed by atoms with Gasteiger partial charge < -0.3 is 15.2 Å². The average Bonchev–Trinajstić information content (AvgIpc) is 3.08. The zero-order chi connectivity index (χ0) is 21.9. The summed E-state index contributed by atoms with van der Waals surface area (Å²) in [6.45, 7) is -0.388. The first-order valence-corrected chi connectivity index (χ1v) is 8.58. The van der Waals surface area contributed by atoms with Crippen LogP contribution >= 0.6 is 0 Å². The highest BCUT2D eigenvalue weighted by atomic mass is 19.4. The Morgan fingerprint density at radius 2 is 1.93 bits per heavy atom. The lowest BCUT2D eigenvalue weighted by atomic mass is 10.1. The van der Waals surface area contributed by atoms with Crippen molar-refractivity contribution >= 4 is 17.8 Å². The number of hydrogen-bond donors (Lipinski definition) is 2. The molecule has 0 radical (unpaired) electrons. The lowest BCUT2D eigenvalue weighted by Gasteiger charge is -2.19. The molecule has 3 rings (SSSR count). The number of alkyl halides is 3. The molecule has 1 aliphatic rings. The molecule has 30 heavy (non-hydrogen) atoms. The minimum Gasteiger partial charge on any atom is -0.465 e. The average molecular weight is 424 g/mol. The molecule has 1 aromatic heterocycles. The second-order valence-corrected chi connectivity index (χ2v) is 6.35. The zero-order valence-electron chi connectivity index (χ0n) is 15.2. The molecule has 0 saturated carbocycles. The molecule has 9 nitrogen and oxygen atoms in total. The number of hydrogen-bond acceptors (Lipinski definition) is 6. The molecule has 1 unspecified atom stereocenters. The number of Topliss-reactive ketones (excluding diaryl/α,β-unsaturated/α-hetero) is 1. The van der Waals surface area contributed by atoms with Crippen LogP contribution in [-0.2, 0) is 16.1 Å². The molecule has 1 aliphatic heterocycles. The SMILES string of the molecule is O=C1CC(C(=O)NCc2cc(-c3ccc(OC(F)(F)F)cc3)ncn2)N(C(=O)O)C1. The van der Waals surface area contributed by atoms with E-state index in [-0.39, 0.29) is 31.0 Å². The Morgan fingerprint density at radius 3 is 2.57 bits per heavy atom. The molecule has 2 aromatic rings. The molecule has 1 aromatic carbocycles. The fourth-order valence-corrected chi connectivity index (χ4v) is 2.90. The summed E-state index contributed by atoms with van der Waals surface area (Å²) >= 11 is 0. The molecule has 0 spiro atoms. The van der Waals surface area contributed by atoms with Crippen LogP contribution in [0.5, 0.6) is 5.75 Å². The topological polar surface area (TPSA) is 122 Å². The number of nitrogens with zero attached hydrogens (tertiary/aromatic N) is 3. The summed E-state index contributed by atoms with van der Waals surface area (Å²) in [5.41, 5.74) is 1.28. The molecular weight excluding hydrogens is 409 g/mol. The predicted octanol–water partition coefficient (Wildman–Crippen LogP) is 1.98. The van der Waals surface area contributed by atoms with Crippen molar-refractivity contribution in [3.05, 3.63) is 42.4 Å². The monoisotopic (exact) mass is 424 g/mol. The number of amides is 2. The van der Waals surface area contributed by atoms with Gasteiger partial charge in [-0.15, -0.1) is 13.2 Å². The van der Waals surface area contributed by atoms with Crippen molar-refractivity contribution in [2.75, 3.05) is 6.54 Å². The van der Waals surface area contributed by atoms with Gasteiger partial charge in [-0.25, -0.2) is 14.8 Å². The summed E-state index contributed by atoms with van der Waals surface area (Å²) in [6.07, 6.45) is -5.12. The Morgan fingerprint density at radius 1 is 1.23 bits per heavy atom. The van der Waals surface area contributed by atoms with Gasteiger partial charge in [0.15, 0.2) is 5.78 Å². The quantitative estimate of drug-likeness (QED) is 0.753. The number of aromatic nitrogens is 2. The molecule has 158 valence electrons. The van der Waals surface area contributed by atoms with E-state index in [1.54, 1.807) is 0 Å². The van der Waals surface area contributed by atoms with Gasteiger partial charge in [-0.1, -0.05) is 0 Å². The van der Waals surface area contributed by atoms with Crippen molar-refractivity contribution in [2.24, 2.45) is 0 Å². The standard InChI is InChI=1S/C18H15F3N4O5/c19-18(20,21)30-13-3-1-10(2-4-13)14-5-11(23-9-24-14)7-22-16(27)15-6-12(26)8-25(15)17(28)29/h1-5,9,15H,6-8H2,(H,22,27)(H,28,29). The van der Waals surface area contributed by atoms with Gasteiger partial charge in [0.1, 0.15) is 18.1 Å². The van der Waals surface area contributed by atoms with Gasteiger partial charge in [-0.2, -0.15) is 0 Å². The third-order valence-electron chi connectivity index (χ3n) is 4.24. The number of halogens is 3. The highest BCUT2D eigenvalue weighted by Crippen LogP contribution is 2.25. The molecule has 12 heteroatoms. The van der Waals surface area contributed by atoms with E-state index in [2.05, 4.69) is 20.0 Å². The van der Waals surface area contributed by atoms with Crippen LogP contribution in [-0.4, -0.2) is 56.7 Å². The lowest BCUT2D eigenvalue weighted by molar-refractivity contribution is -0.274. The van der Waals surface area contributed by atoms with Crippen molar-refractivity contribution in [3.8, 4) is 17.0 Å². The Labute approximate surface area is 167 Å². The van der Waals surface area contributed by atoms with Gasteiger partial charge >= 0.3 is 12.5 Å². The predicted molar refractivity (Wildman–Crippen MR) is 94.1 cm³/mol. The summed E-state index contributed by atoms with van der Waals surface area (Å²) < 4.78 is 40.5.